The Morgan fingerprint density at radius 1 is 1.12 bits per heavy atom. The monoisotopic (exact) mass is 356 g/mol. The van der Waals surface area contributed by atoms with Crippen molar-refractivity contribution in [3.63, 3.8) is 0 Å². The van der Waals surface area contributed by atoms with Crippen molar-refractivity contribution in [3.8, 4) is 0 Å². The number of esters is 1. The van der Waals surface area contributed by atoms with Crippen LogP contribution in [0.1, 0.15) is 16.1 Å². The molecule has 3 amide bonds. The van der Waals surface area contributed by atoms with E-state index in [0.29, 0.717) is 6.54 Å². The lowest BCUT2D eigenvalue weighted by Crippen LogP contribution is -2.37. The van der Waals surface area contributed by atoms with Crippen molar-refractivity contribution in [2.24, 2.45) is 0 Å². The minimum absolute atomic E-state index is 0.0980. The molecular formula is C17H16N4O5. The van der Waals surface area contributed by atoms with Gasteiger partial charge in [-0.1, -0.05) is 30.3 Å². The first-order valence-corrected chi connectivity index (χ1v) is 7.92. The van der Waals surface area contributed by atoms with Gasteiger partial charge in [0.1, 0.15) is 0 Å². The molecule has 0 unspecified atom stereocenters. The van der Waals surface area contributed by atoms with E-state index >= 15 is 0 Å². The van der Waals surface area contributed by atoms with Gasteiger partial charge in [-0.15, -0.1) is 0 Å². The van der Waals surface area contributed by atoms with Gasteiger partial charge in [0.05, 0.1) is 6.54 Å². The predicted octanol–water partition coefficient (Wildman–Crippen LogP) is 0.000200. The van der Waals surface area contributed by atoms with Gasteiger partial charge in [-0.2, -0.15) is 5.10 Å². The second-order valence-corrected chi connectivity index (χ2v) is 5.55. The summed E-state index contributed by atoms with van der Waals surface area (Å²) in [7, 11) is 0. The van der Waals surface area contributed by atoms with Crippen molar-refractivity contribution in [1.82, 2.24) is 20.0 Å². The molecule has 134 valence electrons. The van der Waals surface area contributed by atoms with Gasteiger partial charge in [0.2, 0.25) is 0 Å². The summed E-state index contributed by atoms with van der Waals surface area (Å²) in [6, 6.07) is 11.1. The normalized spacial score (nSPS) is 13.4. The molecule has 1 aliphatic heterocycles. The Balaban J connectivity index is 1.66. The third kappa shape index (κ3) is 3.94. The second-order valence-electron chi connectivity index (χ2n) is 5.55. The fourth-order valence-electron chi connectivity index (χ4n) is 2.42. The minimum Gasteiger partial charge on any atom is -0.451 e. The van der Waals surface area contributed by atoms with Crippen LogP contribution in [0.3, 0.4) is 0 Å². The van der Waals surface area contributed by atoms with E-state index in [0.717, 1.165) is 15.1 Å². The molecule has 1 aliphatic rings. The highest BCUT2D eigenvalue weighted by Crippen LogP contribution is 2.02. The molecule has 0 atom stereocenters. The largest absolute Gasteiger partial charge is 0.451 e. The van der Waals surface area contributed by atoms with E-state index in [1.54, 1.807) is 0 Å². The van der Waals surface area contributed by atoms with E-state index in [4.69, 9.17) is 4.74 Å². The highest BCUT2D eigenvalue weighted by Gasteiger charge is 2.27. The number of urea groups is 1. The number of hydrogen-bond acceptors (Lipinski definition) is 6. The van der Waals surface area contributed by atoms with Crippen LogP contribution in [0.15, 0.2) is 47.3 Å². The number of carbonyl (C=O) groups is 3. The molecule has 3 rings (SSSR count). The SMILES string of the molecule is O=C(OCC(=O)N1CCNC1=O)c1ccc(=O)n(Cc2ccccc2)n1. The Kier molecular flexibility index (Phi) is 5.07. The van der Waals surface area contributed by atoms with Gasteiger partial charge in [0.25, 0.3) is 11.5 Å². The molecular weight excluding hydrogens is 340 g/mol. The van der Waals surface area contributed by atoms with Gasteiger partial charge in [-0.3, -0.25) is 14.5 Å². The smallest absolute Gasteiger partial charge is 0.359 e. The highest BCUT2D eigenvalue weighted by atomic mass is 16.5. The summed E-state index contributed by atoms with van der Waals surface area (Å²) in [5, 5.41) is 6.47. The lowest BCUT2D eigenvalue weighted by Gasteiger charge is -2.12. The maximum atomic E-state index is 12.1. The average Bonchev–Trinajstić information content (AvgIpc) is 3.08. The third-order valence-electron chi connectivity index (χ3n) is 3.74. The zero-order valence-corrected chi connectivity index (χ0v) is 13.8. The number of imide groups is 1. The predicted molar refractivity (Wildman–Crippen MR) is 89.4 cm³/mol. The number of amides is 3. The number of hydrogen-bond donors (Lipinski definition) is 1. The van der Waals surface area contributed by atoms with E-state index in [9.17, 15) is 19.2 Å². The minimum atomic E-state index is -0.847. The van der Waals surface area contributed by atoms with Gasteiger partial charge in [0.15, 0.2) is 12.3 Å². The Labute approximate surface area is 148 Å². The summed E-state index contributed by atoms with van der Waals surface area (Å²) in [4.78, 5) is 48.2. The third-order valence-corrected chi connectivity index (χ3v) is 3.74. The van der Waals surface area contributed by atoms with Crippen molar-refractivity contribution in [3.05, 3.63) is 64.1 Å². The molecule has 0 radical (unpaired) electrons. The lowest BCUT2D eigenvalue weighted by molar-refractivity contribution is -0.130. The molecule has 1 N–H and O–H groups in total. The maximum Gasteiger partial charge on any atom is 0.359 e. The maximum absolute atomic E-state index is 12.1. The zero-order chi connectivity index (χ0) is 18.5. The molecule has 1 fully saturated rings. The lowest BCUT2D eigenvalue weighted by atomic mass is 10.2. The molecule has 2 heterocycles. The molecule has 1 aromatic heterocycles. The summed E-state index contributed by atoms with van der Waals surface area (Å²) in [6.45, 7) is 0.222. The Morgan fingerprint density at radius 3 is 2.58 bits per heavy atom. The van der Waals surface area contributed by atoms with Crippen LogP contribution in [0.5, 0.6) is 0 Å². The van der Waals surface area contributed by atoms with E-state index < -0.39 is 24.5 Å². The number of nitrogens with one attached hydrogen (secondary N) is 1. The van der Waals surface area contributed by atoms with Crippen molar-refractivity contribution in [1.29, 1.82) is 0 Å². The highest BCUT2D eigenvalue weighted by molar-refractivity contribution is 5.97. The Bertz CT molecular complexity index is 894. The van der Waals surface area contributed by atoms with Gasteiger partial charge >= 0.3 is 12.0 Å². The van der Waals surface area contributed by atoms with Crippen LogP contribution < -0.4 is 10.9 Å². The van der Waals surface area contributed by atoms with E-state index in [-0.39, 0.29) is 24.3 Å². The molecule has 0 spiro atoms. The van der Waals surface area contributed by atoms with E-state index in [1.165, 1.54) is 12.1 Å². The number of benzene rings is 1. The summed E-state index contributed by atoms with van der Waals surface area (Å²) >= 11 is 0. The van der Waals surface area contributed by atoms with Crippen molar-refractivity contribution < 1.29 is 19.1 Å². The number of ether oxygens (including phenoxy) is 1. The molecule has 9 nitrogen and oxygen atoms in total. The molecule has 0 saturated carbocycles. The summed E-state index contributed by atoms with van der Waals surface area (Å²) < 4.78 is 6.05. The van der Waals surface area contributed by atoms with E-state index in [1.807, 2.05) is 30.3 Å². The van der Waals surface area contributed by atoms with Gasteiger partial charge in [0, 0.05) is 19.2 Å². The number of aromatic nitrogens is 2. The first kappa shape index (κ1) is 17.3. The topological polar surface area (TPSA) is 111 Å². The molecule has 1 saturated heterocycles. The summed E-state index contributed by atoms with van der Waals surface area (Å²) in [6.07, 6.45) is 0. The van der Waals surface area contributed by atoms with Crippen LogP contribution in [-0.4, -0.2) is 52.3 Å². The van der Waals surface area contributed by atoms with Gasteiger partial charge in [-0.05, 0) is 11.6 Å². The van der Waals surface area contributed by atoms with Crippen LogP contribution in [-0.2, 0) is 16.1 Å². The average molecular weight is 356 g/mol. The van der Waals surface area contributed by atoms with Crippen LogP contribution in [0.25, 0.3) is 0 Å². The molecule has 0 aliphatic carbocycles. The number of carbonyl (C=O) groups excluding carboxylic acids is 3. The standard InChI is InChI=1S/C17H16N4O5/c22-14-7-6-13(19-21(14)10-12-4-2-1-3-5-12)16(24)26-11-15(23)20-9-8-18-17(20)25/h1-7H,8-11H2,(H,18,25). The quantitative estimate of drug-likeness (QED) is 0.755. The molecule has 26 heavy (non-hydrogen) atoms. The van der Waals surface area contributed by atoms with Crippen molar-refractivity contribution in [2.45, 2.75) is 6.54 Å². The fraction of sp³-hybridized carbons (Fsp3) is 0.235. The molecule has 9 heteroatoms. The van der Waals surface area contributed by atoms with E-state index in [2.05, 4.69) is 10.4 Å². The molecule has 1 aromatic carbocycles. The Morgan fingerprint density at radius 2 is 1.88 bits per heavy atom. The van der Waals surface area contributed by atoms with Crippen LogP contribution in [0, 0.1) is 0 Å². The van der Waals surface area contributed by atoms with Crippen molar-refractivity contribution >= 4 is 17.9 Å². The first-order valence-electron chi connectivity index (χ1n) is 7.92. The van der Waals surface area contributed by atoms with Gasteiger partial charge in [-0.25, -0.2) is 14.3 Å². The molecule has 0 bridgehead atoms. The van der Waals surface area contributed by atoms with Crippen LogP contribution in [0.2, 0.25) is 0 Å². The molecule has 2 aromatic rings. The Hall–Kier alpha value is -3.49. The fourth-order valence-corrected chi connectivity index (χ4v) is 2.42. The van der Waals surface area contributed by atoms with Crippen LogP contribution in [0.4, 0.5) is 4.79 Å². The number of nitrogens with zero attached hydrogens (tertiary/aromatic N) is 3. The first-order chi connectivity index (χ1) is 12.5. The zero-order valence-electron chi connectivity index (χ0n) is 13.8. The number of rotatable bonds is 5. The van der Waals surface area contributed by atoms with Crippen molar-refractivity contribution in [2.75, 3.05) is 19.7 Å². The summed E-state index contributed by atoms with van der Waals surface area (Å²) in [5.41, 5.74) is 0.386. The second kappa shape index (κ2) is 7.60. The van der Waals surface area contributed by atoms with Gasteiger partial charge < -0.3 is 10.1 Å². The van der Waals surface area contributed by atoms with Crippen LogP contribution >= 0.6 is 0 Å². The summed E-state index contributed by atoms with van der Waals surface area (Å²) in [5.74, 6) is -1.47.